The zero-order valence-electron chi connectivity index (χ0n) is 8.40. The molecule has 0 heterocycles. The summed E-state index contributed by atoms with van der Waals surface area (Å²) in [6, 6.07) is 0. The van der Waals surface area contributed by atoms with Gasteiger partial charge in [0.25, 0.3) is 0 Å². The molecule has 0 aromatic heterocycles. The first-order valence-electron chi connectivity index (χ1n) is 4.35. The molecule has 76 valence electrons. The van der Waals surface area contributed by atoms with Gasteiger partial charge < -0.3 is 4.74 Å². The molecule has 0 atom stereocenters. The smallest absolute Gasteiger partial charge is 0.333 e. The van der Waals surface area contributed by atoms with E-state index in [0.29, 0.717) is 18.5 Å². The first-order valence-corrected chi connectivity index (χ1v) is 4.35. The Labute approximate surface area is 83.8 Å². The summed E-state index contributed by atoms with van der Waals surface area (Å²) in [7, 11) is 0. The molecule has 0 aliphatic rings. The zero-order chi connectivity index (χ0) is 10.8. The Morgan fingerprint density at radius 1 is 1.21 bits per heavy atom. The molecule has 0 saturated heterocycles. The van der Waals surface area contributed by atoms with E-state index in [-0.39, 0.29) is 5.97 Å². The van der Waals surface area contributed by atoms with E-state index in [1.165, 1.54) is 6.08 Å². The van der Waals surface area contributed by atoms with Crippen molar-refractivity contribution in [3.8, 4) is 0 Å². The van der Waals surface area contributed by atoms with Gasteiger partial charge in [0.15, 0.2) is 0 Å². The summed E-state index contributed by atoms with van der Waals surface area (Å²) in [5.74, 6) is -0.323. The maximum atomic E-state index is 11.1. The summed E-state index contributed by atoms with van der Waals surface area (Å²) in [6.45, 7) is 3.80. The molecule has 14 heavy (non-hydrogen) atoms. The summed E-state index contributed by atoms with van der Waals surface area (Å²) in [5.41, 5.74) is 0.530. The van der Waals surface area contributed by atoms with Gasteiger partial charge in [-0.3, -0.25) is 4.79 Å². The van der Waals surface area contributed by atoms with Gasteiger partial charge in [-0.15, -0.1) is 0 Å². The lowest BCUT2D eigenvalue weighted by Crippen LogP contribution is -2.04. The van der Waals surface area contributed by atoms with Gasteiger partial charge in [0.2, 0.25) is 0 Å². The molecule has 0 aliphatic heterocycles. The summed E-state index contributed by atoms with van der Waals surface area (Å²) in [5, 5.41) is 0. The molecule has 3 nitrogen and oxygen atoms in total. The second-order valence-electron chi connectivity index (χ2n) is 2.48. The van der Waals surface area contributed by atoms with E-state index in [1.807, 2.05) is 0 Å². The lowest BCUT2D eigenvalue weighted by Gasteiger charge is -1.98. The topological polar surface area (TPSA) is 43.4 Å². The van der Waals surface area contributed by atoms with Crippen LogP contribution in [0.4, 0.5) is 0 Å². The Kier molecular flexibility index (Phi) is 7.05. The van der Waals surface area contributed by atoms with Crippen molar-refractivity contribution in [2.75, 3.05) is 6.61 Å². The van der Waals surface area contributed by atoms with Crippen molar-refractivity contribution in [3.05, 3.63) is 36.0 Å². The summed E-state index contributed by atoms with van der Waals surface area (Å²) in [4.78, 5) is 20.9. The number of esters is 1. The molecular weight excluding hydrogens is 180 g/mol. The second kappa shape index (κ2) is 7.98. The second-order valence-corrected chi connectivity index (χ2v) is 2.48. The van der Waals surface area contributed by atoms with Gasteiger partial charge in [0.1, 0.15) is 6.29 Å². The molecule has 0 aromatic rings. The van der Waals surface area contributed by atoms with E-state index in [2.05, 4.69) is 0 Å². The van der Waals surface area contributed by atoms with Crippen LogP contribution in [-0.2, 0) is 14.3 Å². The Balaban J connectivity index is 4.10. The SMILES string of the molecule is CCOC(=O)C(C)=CC=CC=CC=O. The average Bonchev–Trinajstić information content (AvgIpc) is 2.17. The average molecular weight is 194 g/mol. The molecule has 0 aromatic carbocycles. The van der Waals surface area contributed by atoms with Crippen LogP contribution in [-0.4, -0.2) is 18.9 Å². The van der Waals surface area contributed by atoms with Gasteiger partial charge in [0.05, 0.1) is 6.61 Å². The number of hydrogen-bond acceptors (Lipinski definition) is 3. The van der Waals surface area contributed by atoms with Gasteiger partial charge in [-0.2, -0.15) is 0 Å². The summed E-state index contributed by atoms with van der Waals surface area (Å²) >= 11 is 0. The molecular formula is C11H14O3. The van der Waals surface area contributed by atoms with Gasteiger partial charge >= 0.3 is 5.97 Å². The standard InChI is InChI=1S/C11H14O3/c1-3-14-11(13)10(2)8-6-4-5-7-9-12/h4-9H,3H2,1-2H3. The van der Waals surface area contributed by atoms with E-state index < -0.39 is 0 Å². The lowest BCUT2D eigenvalue weighted by molar-refractivity contribution is -0.138. The number of carbonyl (C=O) groups is 2. The van der Waals surface area contributed by atoms with Crippen LogP contribution < -0.4 is 0 Å². The van der Waals surface area contributed by atoms with Crippen LogP contribution in [0.2, 0.25) is 0 Å². The van der Waals surface area contributed by atoms with Crippen LogP contribution >= 0.6 is 0 Å². The highest BCUT2D eigenvalue weighted by Gasteiger charge is 2.01. The maximum Gasteiger partial charge on any atom is 0.333 e. The summed E-state index contributed by atoms with van der Waals surface area (Å²) < 4.78 is 4.77. The van der Waals surface area contributed by atoms with Crippen LogP contribution in [0, 0.1) is 0 Å². The van der Waals surface area contributed by atoms with Crippen molar-refractivity contribution in [1.29, 1.82) is 0 Å². The minimum Gasteiger partial charge on any atom is -0.463 e. The van der Waals surface area contributed by atoms with E-state index in [9.17, 15) is 9.59 Å². The predicted molar refractivity (Wildman–Crippen MR) is 54.7 cm³/mol. The predicted octanol–water partition coefficient (Wildman–Crippen LogP) is 1.81. The highest BCUT2D eigenvalue weighted by atomic mass is 16.5. The molecule has 0 fully saturated rings. The normalized spacial score (nSPS) is 12.3. The van der Waals surface area contributed by atoms with E-state index in [1.54, 1.807) is 38.2 Å². The van der Waals surface area contributed by atoms with Gasteiger partial charge in [-0.05, 0) is 19.9 Å². The maximum absolute atomic E-state index is 11.1. The minimum atomic E-state index is -0.323. The van der Waals surface area contributed by atoms with Crippen LogP contribution in [0.1, 0.15) is 13.8 Å². The highest BCUT2D eigenvalue weighted by Crippen LogP contribution is 1.96. The van der Waals surface area contributed by atoms with Gasteiger partial charge in [-0.25, -0.2) is 4.79 Å². The first kappa shape index (κ1) is 12.4. The molecule has 0 spiro atoms. The van der Waals surface area contributed by atoms with Crippen molar-refractivity contribution in [2.24, 2.45) is 0 Å². The number of aldehydes is 1. The first-order chi connectivity index (χ1) is 6.72. The fraction of sp³-hybridized carbons (Fsp3) is 0.273. The molecule has 0 N–H and O–H groups in total. The van der Waals surface area contributed by atoms with E-state index in [0.717, 1.165) is 0 Å². The number of carbonyl (C=O) groups excluding carboxylic acids is 2. The van der Waals surface area contributed by atoms with Crippen LogP contribution in [0.3, 0.4) is 0 Å². The number of ether oxygens (including phenoxy) is 1. The van der Waals surface area contributed by atoms with Crippen molar-refractivity contribution in [2.45, 2.75) is 13.8 Å². The third kappa shape index (κ3) is 5.94. The molecule has 0 aliphatic carbocycles. The van der Waals surface area contributed by atoms with Crippen LogP contribution in [0.25, 0.3) is 0 Å². The Morgan fingerprint density at radius 3 is 2.43 bits per heavy atom. The van der Waals surface area contributed by atoms with Crippen molar-refractivity contribution >= 4 is 12.3 Å². The Bertz CT molecular complexity index is 272. The molecule has 3 heteroatoms. The largest absolute Gasteiger partial charge is 0.463 e. The molecule has 0 amide bonds. The third-order valence-corrected chi connectivity index (χ3v) is 1.36. The quantitative estimate of drug-likeness (QED) is 0.290. The minimum absolute atomic E-state index is 0.323. The Hall–Kier alpha value is -1.64. The molecule has 0 bridgehead atoms. The summed E-state index contributed by atoms with van der Waals surface area (Å²) in [6.07, 6.45) is 8.61. The molecule has 0 radical (unpaired) electrons. The van der Waals surface area contributed by atoms with Gasteiger partial charge in [0, 0.05) is 5.57 Å². The van der Waals surface area contributed by atoms with Crippen molar-refractivity contribution < 1.29 is 14.3 Å². The van der Waals surface area contributed by atoms with Gasteiger partial charge in [-0.1, -0.05) is 24.3 Å². The fourth-order valence-corrected chi connectivity index (χ4v) is 0.687. The van der Waals surface area contributed by atoms with Crippen molar-refractivity contribution in [1.82, 2.24) is 0 Å². The molecule has 0 unspecified atom stereocenters. The monoisotopic (exact) mass is 194 g/mol. The number of hydrogen-bond donors (Lipinski definition) is 0. The number of allylic oxidation sites excluding steroid dienone is 5. The zero-order valence-corrected chi connectivity index (χ0v) is 8.40. The lowest BCUT2D eigenvalue weighted by atomic mass is 10.3. The van der Waals surface area contributed by atoms with Crippen molar-refractivity contribution in [3.63, 3.8) is 0 Å². The Morgan fingerprint density at radius 2 is 1.86 bits per heavy atom. The number of rotatable bonds is 5. The van der Waals surface area contributed by atoms with E-state index >= 15 is 0 Å². The van der Waals surface area contributed by atoms with Crippen LogP contribution in [0.15, 0.2) is 36.0 Å². The fourth-order valence-electron chi connectivity index (χ4n) is 0.687. The molecule has 0 saturated carbocycles. The van der Waals surface area contributed by atoms with Crippen LogP contribution in [0.5, 0.6) is 0 Å². The third-order valence-electron chi connectivity index (χ3n) is 1.36. The highest BCUT2D eigenvalue weighted by molar-refractivity contribution is 5.88. The molecule has 0 rings (SSSR count). The van der Waals surface area contributed by atoms with E-state index in [4.69, 9.17) is 4.74 Å².